The fourth-order valence-corrected chi connectivity index (χ4v) is 2.09. The lowest BCUT2D eigenvalue weighted by Gasteiger charge is -2.32. The summed E-state index contributed by atoms with van der Waals surface area (Å²) < 4.78 is 10.2. The van der Waals surface area contributed by atoms with E-state index in [2.05, 4.69) is 11.8 Å². The van der Waals surface area contributed by atoms with Crippen LogP contribution in [0.2, 0.25) is 0 Å². The Morgan fingerprint density at radius 1 is 1.35 bits per heavy atom. The average Bonchev–Trinajstić information content (AvgIpc) is 2.27. The Kier molecular flexibility index (Phi) is 7.77. The van der Waals surface area contributed by atoms with Crippen molar-refractivity contribution in [1.82, 2.24) is 4.90 Å². The average molecular weight is 245 g/mol. The van der Waals surface area contributed by atoms with Crippen molar-refractivity contribution < 1.29 is 14.6 Å². The van der Waals surface area contributed by atoms with E-state index in [1.807, 2.05) is 0 Å². The van der Waals surface area contributed by atoms with Crippen LogP contribution in [0.1, 0.15) is 26.2 Å². The van der Waals surface area contributed by atoms with Gasteiger partial charge >= 0.3 is 0 Å². The number of nitrogens with zero attached hydrogens (tertiary/aromatic N) is 1. The third-order valence-electron chi connectivity index (χ3n) is 3.40. The SMILES string of the molecule is CCN(CC(O)COCCOC)CC1CCC1. The van der Waals surface area contributed by atoms with Gasteiger partial charge in [-0.05, 0) is 25.3 Å². The Balaban J connectivity index is 2.06. The summed E-state index contributed by atoms with van der Waals surface area (Å²) in [6.07, 6.45) is 3.71. The highest BCUT2D eigenvalue weighted by Gasteiger charge is 2.21. The smallest absolute Gasteiger partial charge is 0.0900 e. The van der Waals surface area contributed by atoms with Crippen LogP contribution < -0.4 is 0 Å². The predicted octanol–water partition coefficient (Wildman–Crippen LogP) is 1.13. The molecule has 1 atom stereocenters. The van der Waals surface area contributed by atoms with Crippen LogP contribution in [-0.4, -0.2) is 62.7 Å². The molecule has 1 aliphatic rings. The monoisotopic (exact) mass is 245 g/mol. The summed E-state index contributed by atoms with van der Waals surface area (Å²) in [6, 6.07) is 0. The Morgan fingerprint density at radius 3 is 2.65 bits per heavy atom. The molecule has 4 heteroatoms. The lowest BCUT2D eigenvalue weighted by Crippen LogP contribution is -2.39. The number of aliphatic hydroxyl groups excluding tert-OH is 1. The molecule has 0 radical (unpaired) electrons. The molecule has 1 rings (SSSR count). The lowest BCUT2D eigenvalue weighted by molar-refractivity contribution is -0.00319. The molecule has 0 spiro atoms. The highest BCUT2D eigenvalue weighted by Crippen LogP contribution is 2.26. The first-order valence-electron chi connectivity index (χ1n) is 6.73. The van der Waals surface area contributed by atoms with Crippen molar-refractivity contribution in [3.05, 3.63) is 0 Å². The summed E-state index contributed by atoms with van der Waals surface area (Å²) in [5, 5.41) is 9.85. The molecule has 0 aliphatic heterocycles. The third kappa shape index (κ3) is 6.36. The first-order valence-corrected chi connectivity index (χ1v) is 6.73. The molecule has 0 amide bonds. The summed E-state index contributed by atoms with van der Waals surface area (Å²) >= 11 is 0. The highest BCUT2D eigenvalue weighted by atomic mass is 16.5. The minimum Gasteiger partial charge on any atom is -0.389 e. The summed E-state index contributed by atoms with van der Waals surface area (Å²) in [6.45, 7) is 6.56. The fraction of sp³-hybridized carbons (Fsp3) is 1.00. The van der Waals surface area contributed by atoms with Gasteiger partial charge in [0.15, 0.2) is 0 Å². The van der Waals surface area contributed by atoms with E-state index in [0.29, 0.717) is 19.8 Å². The van der Waals surface area contributed by atoms with E-state index in [9.17, 15) is 5.11 Å². The molecular weight excluding hydrogens is 218 g/mol. The van der Waals surface area contributed by atoms with Crippen molar-refractivity contribution in [2.45, 2.75) is 32.3 Å². The molecule has 0 aromatic heterocycles. The van der Waals surface area contributed by atoms with Crippen LogP contribution in [0.15, 0.2) is 0 Å². The number of rotatable bonds is 10. The van der Waals surface area contributed by atoms with E-state index in [4.69, 9.17) is 9.47 Å². The minimum atomic E-state index is -0.383. The Hall–Kier alpha value is -0.160. The zero-order valence-corrected chi connectivity index (χ0v) is 11.2. The lowest BCUT2D eigenvalue weighted by atomic mass is 9.85. The van der Waals surface area contributed by atoms with Crippen LogP contribution in [0.3, 0.4) is 0 Å². The maximum absolute atomic E-state index is 9.85. The Morgan fingerprint density at radius 2 is 2.12 bits per heavy atom. The van der Waals surface area contributed by atoms with E-state index in [0.717, 1.165) is 25.6 Å². The maximum atomic E-state index is 9.85. The summed E-state index contributed by atoms with van der Waals surface area (Å²) in [5.74, 6) is 0.858. The molecule has 1 fully saturated rings. The molecule has 1 unspecified atom stereocenters. The molecular formula is C13H27NO3. The quantitative estimate of drug-likeness (QED) is 0.586. The van der Waals surface area contributed by atoms with Gasteiger partial charge in [-0.25, -0.2) is 0 Å². The van der Waals surface area contributed by atoms with Crippen LogP contribution in [-0.2, 0) is 9.47 Å². The molecule has 0 aromatic carbocycles. The standard InChI is InChI=1S/C13H27NO3/c1-3-14(9-12-5-4-6-12)10-13(15)11-17-8-7-16-2/h12-13,15H,3-11H2,1-2H3. The van der Waals surface area contributed by atoms with Gasteiger partial charge in [-0.15, -0.1) is 0 Å². The normalized spacial score (nSPS) is 18.4. The van der Waals surface area contributed by atoms with Crippen LogP contribution in [0.4, 0.5) is 0 Å². The van der Waals surface area contributed by atoms with Crippen molar-refractivity contribution >= 4 is 0 Å². The number of methoxy groups -OCH3 is 1. The number of ether oxygens (including phenoxy) is 2. The second kappa shape index (κ2) is 8.86. The maximum Gasteiger partial charge on any atom is 0.0900 e. The van der Waals surface area contributed by atoms with Gasteiger partial charge in [-0.3, -0.25) is 0 Å². The van der Waals surface area contributed by atoms with Gasteiger partial charge in [0.05, 0.1) is 25.9 Å². The first-order chi connectivity index (χ1) is 8.26. The molecule has 1 N–H and O–H groups in total. The summed E-state index contributed by atoms with van der Waals surface area (Å²) in [5.41, 5.74) is 0. The van der Waals surface area contributed by atoms with Crippen LogP contribution in [0, 0.1) is 5.92 Å². The Bertz CT molecular complexity index is 186. The van der Waals surface area contributed by atoms with Gasteiger partial charge in [0.25, 0.3) is 0 Å². The number of likely N-dealkylation sites (N-methyl/N-ethyl adjacent to an activating group) is 1. The van der Waals surface area contributed by atoms with Crippen molar-refractivity contribution in [2.24, 2.45) is 5.92 Å². The number of aliphatic hydroxyl groups is 1. The molecule has 17 heavy (non-hydrogen) atoms. The largest absolute Gasteiger partial charge is 0.389 e. The second-order valence-electron chi connectivity index (χ2n) is 4.87. The summed E-state index contributed by atoms with van der Waals surface area (Å²) in [7, 11) is 1.65. The van der Waals surface area contributed by atoms with Gasteiger partial charge < -0.3 is 19.5 Å². The van der Waals surface area contributed by atoms with Gasteiger partial charge in [-0.2, -0.15) is 0 Å². The first kappa shape index (κ1) is 14.9. The fourth-order valence-electron chi connectivity index (χ4n) is 2.09. The van der Waals surface area contributed by atoms with E-state index in [-0.39, 0.29) is 6.10 Å². The van der Waals surface area contributed by atoms with Gasteiger partial charge in [-0.1, -0.05) is 13.3 Å². The zero-order valence-electron chi connectivity index (χ0n) is 11.2. The molecule has 0 bridgehead atoms. The molecule has 102 valence electrons. The van der Waals surface area contributed by atoms with Gasteiger partial charge in [0.2, 0.25) is 0 Å². The topological polar surface area (TPSA) is 41.9 Å². The van der Waals surface area contributed by atoms with Crippen molar-refractivity contribution in [3.63, 3.8) is 0 Å². The second-order valence-corrected chi connectivity index (χ2v) is 4.87. The minimum absolute atomic E-state index is 0.383. The van der Waals surface area contributed by atoms with Crippen LogP contribution >= 0.6 is 0 Å². The molecule has 0 aromatic rings. The predicted molar refractivity (Wildman–Crippen MR) is 68.2 cm³/mol. The Labute approximate surface area is 105 Å². The molecule has 1 saturated carbocycles. The van der Waals surface area contributed by atoms with E-state index in [1.165, 1.54) is 19.3 Å². The zero-order chi connectivity index (χ0) is 12.5. The molecule has 0 saturated heterocycles. The van der Waals surface area contributed by atoms with E-state index in [1.54, 1.807) is 7.11 Å². The number of hydrogen-bond donors (Lipinski definition) is 1. The van der Waals surface area contributed by atoms with Crippen molar-refractivity contribution in [2.75, 3.05) is 46.6 Å². The highest BCUT2D eigenvalue weighted by molar-refractivity contribution is 4.74. The van der Waals surface area contributed by atoms with Gasteiger partial charge in [0.1, 0.15) is 0 Å². The molecule has 1 aliphatic carbocycles. The van der Waals surface area contributed by atoms with Crippen molar-refractivity contribution in [1.29, 1.82) is 0 Å². The van der Waals surface area contributed by atoms with Crippen LogP contribution in [0.5, 0.6) is 0 Å². The van der Waals surface area contributed by atoms with E-state index < -0.39 is 0 Å². The van der Waals surface area contributed by atoms with Gasteiger partial charge in [0, 0.05) is 20.2 Å². The number of hydrogen-bond acceptors (Lipinski definition) is 4. The molecule has 4 nitrogen and oxygen atoms in total. The third-order valence-corrected chi connectivity index (χ3v) is 3.40. The van der Waals surface area contributed by atoms with Crippen molar-refractivity contribution in [3.8, 4) is 0 Å². The van der Waals surface area contributed by atoms with Crippen LogP contribution in [0.25, 0.3) is 0 Å². The van der Waals surface area contributed by atoms with E-state index >= 15 is 0 Å². The molecule has 0 heterocycles. The summed E-state index contributed by atoms with van der Waals surface area (Å²) in [4.78, 5) is 2.33.